The van der Waals surface area contributed by atoms with Crippen molar-refractivity contribution in [2.24, 2.45) is 0 Å². The number of aryl methyl sites for hydroxylation is 1. The zero-order valence-corrected chi connectivity index (χ0v) is 13.6. The van der Waals surface area contributed by atoms with Gasteiger partial charge in [0.05, 0.1) is 7.05 Å². The van der Waals surface area contributed by atoms with Crippen molar-refractivity contribution < 1.29 is 8.97 Å². The smallest absolute Gasteiger partial charge is 0.137 e. The molecule has 0 aromatic heterocycles. The second-order valence-corrected chi connectivity index (χ2v) is 7.56. The Morgan fingerprint density at radius 1 is 0.950 bits per heavy atom. The lowest BCUT2D eigenvalue weighted by molar-refractivity contribution is -1.11. The SMILES string of the molecule is CCc1ccc(C[N+]23CC[N+](C)(CC2C)CC3C)cc1. The van der Waals surface area contributed by atoms with Crippen LogP contribution in [0.25, 0.3) is 0 Å². The van der Waals surface area contributed by atoms with E-state index < -0.39 is 0 Å². The molecular formula is C18H30N2+2. The van der Waals surface area contributed by atoms with E-state index in [0.717, 1.165) is 18.5 Å². The van der Waals surface area contributed by atoms with Gasteiger partial charge in [-0.1, -0.05) is 31.2 Å². The van der Waals surface area contributed by atoms with Crippen molar-refractivity contribution in [3.63, 3.8) is 0 Å². The first-order valence-corrected chi connectivity index (χ1v) is 8.25. The van der Waals surface area contributed by atoms with Crippen molar-refractivity contribution in [2.75, 3.05) is 33.2 Å². The fraction of sp³-hybridized carbons (Fsp3) is 0.667. The van der Waals surface area contributed by atoms with E-state index in [2.05, 4.69) is 52.1 Å². The Balaban J connectivity index is 1.84. The molecule has 2 atom stereocenters. The molecule has 3 aliphatic rings. The molecule has 0 radical (unpaired) electrons. The van der Waals surface area contributed by atoms with E-state index in [-0.39, 0.29) is 0 Å². The van der Waals surface area contributed by atoms with Gasteiger partial charge in [-0.2, -0.15) is 0 Å². The van der Waals surface area contributed by atoms with Crippen LogP contribution in [0.1, 0.15) is 31.9 Å². The van der Waals surface area contributed by atoms with Crippen LogP contribution in [0.4, 0.5) is 0 Å². The molecule has 0 amide bonds. The quantitative estimate of drug-likeness (QED) is 0.744. The number of benzene rings is 1. The van der Waals surface area contributed by atoms with Crippen LogP contribution in [0.5, 0.6) is 0 Å². The van der Waals surface area contributed by atoms with E-state index in [9.17, 15) is 0 Å². The summed E-state index contributed by atoms with van der Waals surface area (Å²) in [5, 5.41) is 0. The number of quaternary nitrogens is 2. The lowest BCUT2D eigenvalue weighted by Gasteiger charge is -2.60. The zero-order valence-electron chi connectivity index (χ0n) is 13.6. The van der Waals surface area contributed by atoms with E-state index >= 15 is 0 Å². The Labute approximate surface area is 124 Å². The normalized spacial score (nSPS) is 40.0. The van der Waals surface area contributed by atoms with Crippen molar-refractivity contribution in [1.29, 1.82) is 0 Å². The van der Waals surface area contributed by atoms with Crippen LogP contribution in [-0.4, -0.2) is 54.3 Å². The van der Waals surface area contributed by atoms with Gasteiger partial charge in [0.1, 0.15) is 44.8 Å². The number of piperazine rings is 3. The molecule has 2 bridgehead atoms. The predicted octanol–water partition coefficient (Wildman–Crippen LogP) is 2.82. The third-order valence-corrected chi connectivity index (χ3v) is 6.13. The molecule has 110 valence electrons. The molecule has 0 N–H and O–H groups in total. The standard InChI is InChI=1S/C18H30N2/c1-5-17-6-8-18(9-7-17)14-20-11-10-19(4,12-15(20)2)13-16(20)3/h6-9,15-16H,5,10-14H2,1-4H3/q+2. The molecule has 3 fully saturated rings. The highest BCUT2D eigenvalue weighted by Crippen LogP contribution is 2.36. The summed E-state index contributed by atoms with van der Waals surface area (Å²) in [7, 11) is 2.45. The number of hydrogen-bond acceptors (Lipinski definition) is 0. The molecule has 2 unspecified atom stereocenters. The topological polar surface area (TPSA) is 0 Å². The van der Waals surface area contributed by atoms with Gasteiger partial charge in [-0.05, 0) is 25.8 Å². The molecule has 3 saturated heterocycles. The summed E-state index contributed by atoms with van der Waals surface area (Å²) in [5.74, 6) is 0. The first kappa shape index (κ1) is 14.1. The average molecular weight is 274 g/mol. The summed E-state index contributed by atoms with van der Waals surface area (Å²) >= 11 is 0. The summed E-state index contributed by atoms with van der Waals surface area (Å²) in [6.07, 6.45) is 1.14. The first-order chi connectivity index (χ1) is 9.47. The minimum absolute atomic E-state index is 0.795. The van der Waals surface area contributed by atoms with Crippen molar-refractivity contribution >= 4 is 0 Å². The van der Waals surface area contributed by atoms with E-state index in [0.29, 0.717) is 0 Å². The Morgan fingerprint density at radius 2 is 1.50 bits per heavy atom. The summed E-state index contributed by atoms with van der Waals surface area (Å²) in [6.45, 7) is 13.9. The van der Waals surface area contributed by atoms with E-state index in [1.165, 1.54) is 52.8 Å². The lowest BCUT2D eigenvalue weighted by atomic mass is 9.93. The second-order valence-electron chi connectivity index (χ2n) is 7.56. The summed E-state index contributed by atoms with van der Waals surface area (Å²) in [6, 6.07) is 10.9. The number of rotatable bonds is 3. The first-order valence-electron chi connectivity index (χ1n) is 8.25. The molecule has 3 aliphatic heterocycles. The van der Waals surface area contributed by atoms with E-state index in [1.54, 1.807) is 0 Å². The largest absolute Gasteiger partial charge is 0.312 e. The van der Waals surface area contributed by atoms with Crippen molar-refractivity contribution in [3.8, 4) is 0 Å². The van der Waals surface area contributed by atoms with Crippen LogP contribution in [0.2, 0.25) is 0 Å². The monoisotopic (exact) mass is 274 g/mol. The highest BCUT2D eigenvalue weighted by molar-refractivity contribution is 5.22. The highest BCUT2D eigenvalue weighted by Gasteiger charge is 2.55. The molecule has 0 aliphatic carbocycles. The van der Waals surface area contributed by atoms with Gasteiger partial charge in [-0.15, -0.1) is 0 Å². The van der Waals surface area contributed by atoms with Crippen LogP contribution in [0.3, 0.4) is 0 Å². The van der Waals surface area contributed by atoms with Gasteiger partial charge in [-0.25, -0.2) is 0 Å². The fourth-order valence-corrected chi connectivity index (χ4v) is 4.77. The molecule has 0 spiro atoms. The van der Waals surface area contributed by atoms with Gasteiger partial charge < -0.3 is 8.97 Å². The van der Waals surface area contributed by atoms with Crippen LogP contribution < -0.4 is 0 Å². The Kier molecular flexibility index (Phi) is 3.42. The Morgan fingerprint density at radius 3 is 2.00 bits per heavy atom. The van der Waals surface area contributed by atoms with Crippen molar-refractivity contribution in [2.45, 2.75) is 45.8 Å². The number of hydrogen-bond donors (Lipinski definition) is 0. The average Bonchev–Trinajstić information content (AvgIpc) is 2.41. The molecule has 2 heteroatoms. The fourth-order valence-electron chi connectivity index (χ4n) is 4.77. The highest BCUT2D eigenvalue weighted by atomic mass is 15.5. The van der Waals surface area contributed by atoms with Crippen LogP contribution in [0.15, 0.2) is 24.3 Å². The van der Waals surface area contributed by atoms with Gasteiger partial charge in [0.25, 0.3) is 0 Å². The van der Waals surface area contributed by atoms with Crippen LogP contribution >= 0.6 is 0 Å². The molecule has 4 rings (SSSR count). The van der Waals surface area contributed by atoms with Gasteiger partial charge >= 0.3 is 0 Å². The minimum atomic E-state index is 0.795. The molecular weight excluding hydrogens is 244 g/mol. The van der Waals surface area contributed by atoms with Crippen molar-refractivity contribution in [3.05, 3.63) is 35.4 Å². The third kappa shape index (κ3) is 2.19. The van der Waals surface area contributed by atoms with Crippen molar-refractivity contribution in [1.82, 2.24) is 0 Å². The summed E-state index contributed by atoms with van der Waals surface area (Å²) in [5.41, 5.74) is 2.98. The number of likely N-dealkylation sites (N-methyl/N-ethyl adjacent to an activating group) is 1. The van der Waals surface area contributed by atoms with Crippen LogP contribution in [0, 0.1) is 0 Å². The summed E-state index contributed by atoms with van der Waals surface area (Å²) in [4.78, 5) is 0. The second kappa shape index (κ2) is 4.85. The van der Waals surface area contributed by atoms with Crippen LogP contribution in [-0.2, 0) is 13.0 Å². The molecule has 1 aromatic carbocycles. The molecule has 2 nitrogen and oxygen atoms in total. The zero-order chi connectivity index (χ0) is 14.4. The molecule has 3 heterocycles. The number of fused-ring (bicyclic) bond motifs is 3. The van der Waals surface area contributed by atoms with Gasteiger partial charge in [0, 0.05) is 5.56 Å². The molecule has 1 aromatic rings. The van der Waals surface area contributed by atoms with Gasteiger partial charge in [-0.3, -0.25) is 0 Å². The van der Waals surface area contributed by atoms with Gasteiger partial charge in [0.15, 0.2) is 0 Å². The maximum absolute atomic E-state index is 2.48. The van der Waals surface area contributed by atoms with E-state index in [4.69, 9.17) is 0 Å². The Hall–Kier alpha value is -0.860. The maximum Gasteiger partial charge on any atom is 0.137 e. The summed E-state index contributed by atoms with van der Waals surface area (Å²) < 4.78 is 2.62. The van der Waals surface area contributed by atoms with Gasteiger partial charge in [0.2, 0.25) is 0 Å². The Bertz CT molecular complexity index is 465. The molecule has 0 saturated carbocycles. The van der Waals surface area contributed by atoms with E-state index in [1.807, 2.05) is 0 Å². The minimum Gasteiger partial charge on any atom is -0.312 e. The lowest BCUT2D eigenvalue weighted by Crippen LogP contribution is -2.79. The molecule has 20 heavy (non-hydrogen) atoms. The maximum atomic E-state index is 2.48. The third-order valence-electron chi connectivity index (χ3n) is 6.13. The number of nitrogens with zero attached hydrogens (tertiary/aromatic N) is 2. The predicted molar refractivity (Wildman–Crippen MR) is 84.4 cm³/mol.